The highest BCUT2D eigenvalue weighted by atomic mass is 19.1. The zero-order chi connectivity index (χ0) is 25.8. The number of methoxy groups -OCH3 is 2. The van der Waals surface area contributed by atoms with Crippen LogP contribution in [0.2, 0.25) is 0 Å². The molecule has 1 N–H and O–H groups in total. The van der Waals surface area contributed by atoms with Crippen LogP contribution in [0.5, 0.6) is 11.5 Å². The van der Waals surface area contributed by atoms with Crippen LogP contribution >= 0.6 is 0 Å². The van der Waals surface area contributed by atoms with E-state index in [2.05, 4.69) is 5.32 Å². The van der Waals surface area contributed by atoms with Crippen LogP contribution in [0.3, 0.4) is 0 Å². The Morgan fingerprint density at radius 3 is 2.47 bits per heavy atom. The number of benzene rings is 3. The number of para-hydroxylation sites is 1. The number of amides is 2. The van der Waals surface area contributed by atoms with Gasteiger partial charge in [0.1, 0.15) is 23.1 Å². The molecule has 8 nitrogen and oxygen atoms in total. The van der Waals surface area contributed by atoms with Crippen molar-refractivity contribution in [3.63, 3.8) is 0 Å². The van der Waals surface area contributed by atoms with Crippen molar-refractivity contribution in [2.24, 2.45) is 0 Å². The topological polar surface area (TPSA) is 85.7 Å². The van der Waals surface area contributed by atoms with Crippen molar-refractivity contribution in [1.29, 1.82) is 0 Å². The molecule has 0 aliphatic carbocycles. The van der Waals surface area contributed by atoms with Crippen molar-refractivity contribution in [3.05, 3.63) is 88.7 Å². The Balaban J connectivity index is 1.77. The summed E-state index contributed by atoms with van der Waals surface area (Å²) in [5, 5.41) is 3.30. The van der Waals surface area contributed by atoms with Gasteiger partial charge in [0.2, 0.25) is 0 Å². The second-order valence-corrected chi connectivity index (χ2v) is 8.06. The number of fused-ring (bicyclic) bond motifs is 1. The molecule has 36 heavy (non-hydrogen) atoms. The lowest BCUT2D eigenvalue weighted by molar-refractivity contribution is 0.193. The summed E-state index contributed by atoms with van der Waals surface area (Å²) < 4.78 is 25.7. The van der Waals surface area contributed by atoms with Crippen LogP contribution < -0.4 is 20.3 Å². The molecule has 0 aliphatic heterocycles. The highest BCUT2D eigenvalue weighted by Gasteiger charge is 2.26. The zero-order valence-electron chi connectivity index (χ0n) is 20.5. The molecule has 4 rings (SSSR count). The van der Waals surface area contributed by atoms with Crippen molar-refractivity contribution in [2.75, 3.05) is 26.1 Å². The Bertz CT molecular complexity index is 1450. The molecule has 0 saturated heterocycles. The first-order valence-corrected chi connectivity index (χ1v) is 11.4. The zero-order valence-corrected chi connectivity index (χ0v) is 20.5. The molecule has 0 aliphatic rings. The molecule has 0 saturated carbocycles. The van der Waals surface area contributed by atoms with Gasteiger partial charge in [-0.25, -0.2) is 14.2 Å². The van der Waals surface area contributed by atoms with E-state index in [1.54, 1.807) is 61.4 Å². The molecule has 3 aromatic carbocycles. The summed E-state index contributed by atoms with van der Waals surface area (Å²) in [6.07, 6.45) is 0. The van der Waals surface area contributed by atoms with Gasteiger partial charge in [-0.05, 0) is 62.4 Å². The Kier molecular flexibility index (Phi) is 7.19. The third-order valence-corrected chi connectivity index (χ3v) is 5.98. The molecule has 9 heteroatoms. The standard InChI is InChI=1S/C27H27FN4O4/c1-5-31(27(34)30-23-15-14-20(35-3)16-24(23)36-4)17(2)25-29-22-9-7-6-8-21(22)26(33)32(25)19-12-10-18(28)11-13-19/h6-17H,5H2,1-4H3,(H,30,34). The second kappa shape index (κ2) is 10.5. The van der Waals surface area contributed by atoms with Gasteiger partial charge in [0, 0.05) is 12.6 Å². The first-order valence-electron chi connectivity index (χ1n) is 11.4. The van der Waals surface area contributed by atoms with Gasteiger partial charge in [0.05, 0.1) is 42.5 Å². The van der Waals surface area contributed by atoms with Crippen molar-refractivity contribution >= 4 is 22.6 Å². The first kappa shape index (κ1) is 24.7. The van der Waals surface area contributed by atoms with E-state index in [9.17, 15) is 14.0 Å². The van der Waals surface area contributed by atoms with Crippen LogP contribution in [0, 0.1) is 5.82 Å². The minimum absolute atomic E-state index is 0.303. The Morgan fingerprint density at radius 2 is 1.81 bits per heavy atom. The monoisotopic (exact) mass is 490 g/mol. The molecule has 1 heterocycles. The molecule has 1 aromatic heterocycles. The largest absolute Gasteiger partial charge is 0.497 e. The summed E-state index contributed by atoms with van der Waals surface area (Å²) in [5.74, 6) is 0.967. The fraction of sp³-hybridized carbons (Fsp3) is 0.222. The van der Waals surface area contributed by atoms with E-state index in [1.165, 1.54) is 35.9 Å². The van der Waals surface area contributed by atoms with E-state index in [1.807, 2.05) is 6.92 Å². The van der Waals surface area contributed by atoms with Crippen LogP contribution in [0.15, 0.2) is 71.5 Å². The number of aromatic nitrogens is 2. The number of rotatable bonds is 7. The third-order valence-electron chi connectivity index (χ3n) is 5.98. The number of anilines is 1. The van der Waals surface area contributed by atoms with E-state index >= 15 is 0 Å². The Morgan fingerprint density at radius 1 is 1.08 bits per heavy atom. The van der Waals surface area contributed by atoms with Gasteiger partial charge in [0.15, 0.2) is 0 Å². The summed E-state index contributed by atoms with van der Waals surface area (Å²) >= 11 is 0. The maximum atomic E-state index is 13.6. The average molecular weight is 491 g/mol. The predicted octanol–water partition coefficient (Wildman–Crippen LogP) is 5.16. The van der Waals surface area contributed by atoms with Crippen LogP contribution in [-0.4, -0.2) is 41.2 Å². The number of hydrogen-bond donors (Lipinski definition) is 1. The highest BCUT2D eigenvalue weighted by Crippen LogP contribution is 2.30. The number of urea groups is 1. The van der Waals surface area contributed by atoms with Crippen LogP contribution in [-0.2, 0) is 0 Å². The maximum Gasteiger partial charge on any atom is 0.322 e. The highest BCUT2D eigenvalue weighted by molar-refractivity contribution is 5.91. The molecule has 1 atom stereocenters. The normalized spacial score (nSPS) is 11.7. The number of nitrogens with zero attached hydrogens (tertiary/aromatic N) is 3. The van der Waals surface area contributed by atoms with Crippen LogP contribution in [0.4, 0.5) is 14.9 Å². The quantitative estimate of drug-likeness (QED) is 0.387. The van der Waals surface area contributed by atoms with Crippen LogP contribution in [0.1, 0.15) is 25.7 Å². The van der Waals surface area contributed by atoms with E-state index in [4.69, 9.17) is 14.5 Å². The van der Waals surface area contributed by atoms with E-state index < -0.39 is 17.9 Å². The lowest BCUT2D eigenvalue weighted by Crippen LogP contribution is -2.39. The number of ether oxygens (including phenoxy) is 2. The summed E-state index contributed by atoms with van der Waals surface area (Å²) in [6.45, 7) is 3.96. The molecular weight excluding hydrogens is 463 g/mol. The van der Waals surface area contributed by atoms with Crippen molar-refractivity contribution in [1.82, 2.24) is 14.5 Å². The first-order chi connectivity index (χ1) is 17.4. The fourth-order valence-electron chi connectivity index (χ4n) is 4.09. The van der Waals surface area contributed by atoms with Gasteiger partial charge in [-0.2, -0.15) is 0 Å². The van der Waals surface area contributed by atoms with Crippen LogP contribution in [0.25, 0.3) is 16.6 Å². The number of hydrogen-bond acceptors (Lipinski definition) is 5. The van der Waals surface area contributed by atoms with Gasteiger partial charge in [-0.15, -0.1) is 0 Å². The summed E-state index contributed by atoms with van der Waals surface area (Å²) in [7, 11) is 3.05. The van der Waals surface area contributed by atoms with E-state index in [0.29, 0.717) is 46.1 Å². The molecule has 0 radical (unpaired) electrons. The van der Waals surface area contributed by atoms with E-state index in [0.717, 1.165) is 0 Å². The van der Waals surface area contributed by atoms with Gasteiger partial charge in [-0.3, -0.25) is 9.36 Å². The average Bonchev–Trinajstić information content (AvgIpc) is 2.90. The molecular formula is C27H27FN4O4. The van der Waals surface area contributed by atoms with Crippen molar-refractivity contribution in [2.45, 2.75) is 19.9 Å². The number of halogens is 1. The summed E-state index contributed by atoms with van der Waals surface area (Å²) in [4.78, 5) is 33.2. The van der Waals surface area contributed by atoms with Gasteiger partial charge in [0.25, 0.3) is 5.56 Å². The lowest BCUT2D eigenvalue weighted by Gasteiger charge is -2.30. The molecule has 0 spiro atoms. The minimum atomic E-state index is -0.610. The molecule has 186 valence electrons. The number of carbonyl (C=O) groups excluding carboxylic acids is 1. The van der Waals surface area contributed by atoms with E-state index in [-0.39, 0.29) is 5.56 Å². The molecule has 4 aromatic rings. The fourth-order valence-corrected chi connectivity index (χ4v) is 4.09. The molecule has 0 fully saturated rings. The molecule has 0 bridgehead atoms. The Hall–Kier alpha value is -4.40. The number of nitrogens with one attached hydrogen (secondary N) is 1. The van der Waals surface area contributed by atoms with Gasteiger partial charge >= 0.3 is 6.03 Å². The van der Waals surface area contributed by atoms with Gasteiger partial charge in [-0.1, -0.05) is 12.1 Å². The summed E-state index contributed by atoms with van der Waals surface area (Å²) in [5.41, 5.74) is 1.13. The Labute approximate surface area is 207 Å². The second-order valence-electron chi connectivity index (χ2n) is 8.06. The maximum absolute atomic E-state index is 13.6. The molecule has 1 unspecified atom stereocenters. The van der Waals surface area contributed by atoms with Gasteiger partial charge < -0.3 is 19.7 Å². The van der Waals surface area contributed by atoms with Crippen molar-refractivity contribution < 1.29 is 18.7 Å². The smallest absolute Gasteiger partial charge is 0.322 e. The minimum Gasteiger partial charge on any atom is -0.497 e. The summed E-state index contributed by atoms with van der Waals surface area (Å²) in [6, 6.07) is 16.7. The van der Waals surface area contributed by atoms with Crippen molar-refractivity contribution in [3.8, 4) is 17.2 Å². The number of carbonyl (C=O) groups is 1. The predicted molar refractivity (Wildman–Crippen MR) is 137 cm³/mol. The molecule has 2 amide bonds. The lowest BCUT2D eigenvalue weighted by atomic mass is 10.2. The SMILES string of the molecule is CCN(C(=O)Nc1ccc(OC)cc1OC)C(C)c1nc2ccccc2c(=O)n1-c1ccc(F)cc1. The third kappa shape index (κ3) is 4.72.